The van der Waals surface area contributed by atoms with Crippen LogP contribution in [0.15, 0.2) is 24.3 Å². The summed E-state index contributed by atoms with van der Waals surface area (Å²) in [5.74, 6) is -1.14. The fraction of sp³-hybridized carbons (Fsp3) is 0.571. The molecule has 29 heavy (non-hydrogen) atoms. The van der Waals surface area contributed by atoms with Crippen molar-refractivity contribution in [3.63, 3.8) is 0 Å². The Balaban J connectivity index is 1.74. The maximum atomic E-state index is 12.3. The molecule has 1 N–H and O–H groups in total. The summed E-state index contributed by atoms with van der Waals surface area (Å²) in [5.41, 5.74) is 0.241. The van der Waals surface area contributed by atoms with E-state index in [0.717, 1.165) is 5.56 Å². The molecule has 1 fully saturated rings. The zero-order valence-electron chi connectivity index (χ0n) is 17.4. The molecule has 1 heterocycles. The summed E-state index contributed by atoms with van der Waals surface area (Å²) in [6.07, 6.45) is 0.586. The topological polar surface area (TPSA) is 84.9 Å². The molecular formula is C21H29ClN2O5. The van der Waals surface area contributed by atoms with Crippen LogP contribution >= 0.6 is 11.6 Å². The van der Waals surface area contributed by atoms with Crippen LogP contribution < -0.4 is 5.32 Å². The number of nitrogens with one attached hydrogen (secondary N) is 1. The number of esters is 1. The largest absolute Gasteiger partial charge is 0.455 e. The van der Waals surface area contributed by atoms with E-state index >= 15 is 0 Å². The van der Waals surface area contributed by atoms with Crippen molar-refractivity contribution in [3.05, 3.63) is 34.9 Å². The second-order valence-electron chi connectivity index (χ2n) is 8.16. The molecule has 1 aromatic carbocycles. The number of carbonyl (C=O) groups excluding carboxylic acids is 3. The average molecular weight is 425 g/mol. The van der Waals surface area contributed by atoms with Crippen molar-refractivity contribution >= 4 is 29.6 Å². The Kier molecular flexibility index (Phi) is 7.90. The lowest BCUT2D eigenvalue weighted by Gasteiger charge is -2.32. The molecule has 160 valence electrons. The molecule has 0 bridgehead atoms. The molecule has 1 atom stereocenters. The smallest absolute Gasteiger partial charge is 0.410 e. The van der Waals surface area contributed by atoms with Gasteiger partial charge in [-0.3, -0.25) is 9.59 Å². The van der Waals surface area contributed by atoms with Crippen LogP contribution in [0.2, 0.25) is 5.02 Å². The Morgan fingerprint density at radius 3 is 2.41 bits per heavy atom. The van der Waals surface area contributed by atoms with E-state index < -0.39 is 17.5 Å². The molecule has 0 aromatic heterocycles. The standard InChI is InChI=1S/C21H29ClN2O5/c1-14(16-7-5-6-8-17(16)22)23-18(25)13-28-19(26)15-9-11-24(12-10-15)20(27)29-21(2,3)4/h5-8,14-15H,9-13H2,1-4H3,(H,23,25)/t14-/m1/s1. The van der Waals surface area contributed by atoms with E-state index in [9.17, 15) is 14.4 Å². The number of halogens is 1. The number of rotatable bonds is 5. The van der Waals surface area contributed by atoms with Gasteiger partial charge in [-0.1, -0.05) is 29.8 Å². The number of benzene rings is 1. The fourth-order valence-corrected chi connectivity index (χ4v) is 3.37. The van der Waals surface area contributed by atoms with E-state index in [1.165, 1.54) is 0 Å². The second-order valence-corrected chi connectivity index (χ2v) is 8.57. The second kappa shape index (κ2) is 9.96. The molecule has 1 aliphatic rings. The molecule has 1 aliphatic heterocycles. The Hall–Kier alpha value is -2.28. The van der Waals surface area contributed by atoms with Gasteiger partial charge in [0.2, 0.25) is 0 Å². The zero-order valence-corrected chi connectivity index (χ0v) is 18.1. The minimum atomic E-state index is -0.554. The van der Waals surface area contributed by atoms with Gasteiger partial charge in [-0.25, -0.2) is 4.79 Å². The lowest BCUT2D eigenvalue weighted by atomic mass is 9.97. The molecule has 0 aliphatic carbocycles. The molecule has 2 amide bonds. The number of carbonyl (C=O) groups is 3. The molecule has 0 radical (unpaired) electrons. The fourth-order valence-electron chi connectivity index (χ4n) is 3.07. The van der Waals surface area contributed by atoms with Crippen LogP contribution in [0.3, 0.4) is 0 Å². The maximum absolute atomic E-state index is 12.3. The summed E-state index contributed by atoms with van der Waals surface area (Å²) < 4.78 is 10.5. The van der Waals surface area contributed by atoms with Gasteiger partial charge in [-0.15, -0.1) is 0 Å². The average Bonchev–Trinajstić information content (AvgIpc) is 2.65. The van der Waals surface area contributed by atoms with Crippen LogP contribution in [-0.2, 0) is 19.1 Å². The van der Waals surface area contributed by atoms with E-state index in [4.69, 9.17) is 21.1 Å². The molecule has 0 saturated carbocycles. The van der Waals surface area contributed by atoms with Crippen LogP contribution in [0.5, 0.6) is 0 Å². The van der Waals surface area contributed by atoms with Gasteiger partial charge in [0.15, 0.2) is 6.61 Å². The van der Waals surface area contributed by atoms with E-state index in [1.807, 2.05) is 45.9 Å². The lowest BCUT2D eigenvalue weighted by molar-refractivity contribution is -0.154. The van der Waals surface area contributed by atoms with Crippen LogP contribution in [0.1, 0.15) is 52.1 Å². The Morgan fingerprint density at radius 1 is 1.21 bits per heavy atom. The van der Waals surface area contributed by atoms with Gasteiger partial charge < -0.3 is 19.7 Å². The quantitative estimate of drug-likeness (QED) is 0.728. The summed E-state index contributed by atoms with van der Waals surface area (Å²) in [7, 11) is 0. The zero-order chi connectivity index (χ0) is 21.6. The van der Waals surface area contributed by atoms with E-state index in [1.54, 1.807) is 11.0 Å². The van der Waals surface area contributed by atoms with Gasteiger partial charge in [-0.05, 0) is 52.2 Å². The molecule has 0 unspecified atom stereocenters. The first-order valence-corrected chi connectivity index (χ1v) is 10.1. The summed E-state index contributed by atoms with van der Waals surface area (Å²) >= 11 is 6.13. The van der Waals surface area contributed by atoms with Crippen molar-refractivity contribution in [1.82, 2.24) is 10.2 Å². The van der Waals surface area contributed by atoms with Crippen molar-refractivity contribution in [1.29, 1.82) is 0 Å². The third kappa shape index (κ3) is 7.24. The number of hydrogen-bond acceptors (Lipinski definition) is 5. The van der Waals surface area contributed by atoms with Gasteiger partial charge >= 0.3 is 12.1 Å². The lowest BCUT2D eigenvalue weighted by Crippen LogP contribution is -2.43. The Bertz CT molecular complexity index is 739. The summed E-state index contributed by atoms with van der Waals surface area (Å²) in [4.78, 5) is 38.0. The van der Waals surface area contributed by atoms with Gasteiger partial charge in [0.1, 0.15) is 5.60 Å². The normalized spacial score (nSPS) is 16.1. The molecular weight excluding hydrogens is 396 g/mol. The first kappa shape index (κ1) is 23.0. The predicted octanol–water partition coefficient (Wildman–Crippen LogP) is 3.71. The summed E-state index contributed by atoms with van der Waals surface area (Å²) in [5, 5.41) is 3.33. The van der Waals surface area contributed by atoms with Crippen molar-refractivity contribution in [2.75, 3.05) is 19.7 Å². The molecule has 8 heteroatoms. The first-order chi connectivity index (χ1) is 13.6. The summed E-state index contributed by atoms with van der Waals surface area (Å²) in [6, 6.07) is 6.94. The van der Waals surface area contributed by atoms with E-state index in [2.05, 4.69) is 5.32 Å². The first-order valence-electron chi connectivity index (χ1n) is 9.75. The van der Waals surface area contributed by atoms with Crippen LogP contribution in [0.4, 0.5) is 4.79 Å². The van der Waals surface area contributed by atoms with Gasteiger partial charge in [-0.2, -0.15) is 0 Å². The summed E-state index contributed by atoms with van der Waals surface area (Å²) in [6.45, 7) is 7.74. The maximum Gasteiger partial charge on any atom is 0.410 e. The third-order valence-electron chi connectivity index (χ3n) is 4.57. The third-order valence-corrected chi connectivity index (χ3v) is 4.92. The minimum Gasteiger partial charge on any atom is -0.455 e. The Labute approximate surface area is 176 Å². The highest BCUT2D eigenvalue weighted by atomic mass is 35.5. The van der Waals surface area contributed by atoms with Gasteiger partial charge in [0, 0.05) is 18.1 Å². The monoisotopic (exact) mass is 424 g/mol. The molecule has 2 rings (SSSR count). The van der Waals surface area contributed by atoms with Gasteiger partial charge in [0.05, 0.1) is 12.0 Å². The highest BCUT2D eigenvalue weighted by molar-refractivity contribution is 6.31. The van der Waals surface area contributed by atoms with Crippen molar-refractivity contribution < 1.29 is 23.9 Å². The number of ether oxygens (including phenoxy) is 2. The molecule has 1 saturated heterocycles. The molecule has 1 aromatic rings. The van der Waals surface area contributed by atoms with E-state index in [0.29, 0.717) is 31.0 Å². The van der Waals surface area contributed by atoms with Gasteiger partial charge in [0.25, 0.3) is 5.91 Å². The number of hydrogen-bond donors (Lipinski definition) is 1. The highest BCUT2D eigenvalue weighted by Crippen LogP contribution is 2.23. The van der Waals surface area contributed by atoms with Crippen LogP contribution in [0, 0.1) is 5.92 Å². The van der Waals surface area contributed by atoms with Crippen molar-refractivity contribution in [2.45, 2.75) is 52.2 Å². The highest BCUT2D eigenvalue weighted by Gasteiger charge is 2.31. The minimum absolute atomic E-state index is 0.299. The predicted molar refractivity (Wildman–Crippen MR) is 109 cm³/mol. The molecule has 7 nitrogen and oxygen atoms in total. The molecule has 0 spiro atoms. The van der Waals surface area contributed by atoms with Crippen molar-refractivity contribution in [2.24, 2.45) is 5.92 Å². The SMILES string of the molecule is C[C@@H](NC(=O)COC(=O)C1CCN(C(=O)OC(C)(C)C)CC1)c1ccccc1Cl. The number of piperidine rings is 1. The van der Waals surface area contributed by atoms with Crippen LogP contribution in [-0.4, -0.2) is 48.2 Å². The number of likely N-dealkylation sites (tertiary alicyclic amines) is 1. The number of amides is 2. The Morgan fingerprint density at radius 2 is 1.83 bits per heavy atom. The van der Waals surface area contributed by atoms with E-state index in [-0.39, 0.29) is 24.7 Å². The number of nitrogens with zero attached hydrogens (tertiary/aromatic N) is 1. The van der Waals surface area contributed by atoms with Crippen molar-refractivity contribution in [3.8, 4) is 0 Å². The van der Waals surface area contributed by atoms with Crippen LogP contribution in [0.25, 0.3) is 0 Å².